The molecule has 0 bridgehead atoms. The lowest BCUT2D eigenvalue weighted by Gasteiger charge is -2.38. The fraction of sp³-hybridized carbons (Fsp3) is 0.667. The zero-order chi connectivity index (χ0) is 13.9. The smallest absolute Gasteiger partial charge is 0.165 e. The molecule has 0 aliphatic carbocycles. The van der Waals surface area contributed by atoms with Crippen molar-refractivity contribution < 1.29 is 4.39 Å². The molecule has 19 heavy (non-hydrogen) atoms. The average molecular weight is 265 g/mol. The molecule has 2 rings (SSSR count). The second-order valence-electron chi connectivity index (χ2n) is 6.28. The summed E-state index contributed by atoms with van der Waals surface area (Å²) in [5, 5.41) is 3.52. The Morgan fingerprint density at radius 2 is 2.21 bits per heavy atom. The molecule has 0 aromatic carbocycles. The molecule has 1 aliphatic rings. The third-order valence-corrected chi connectivity index (χ3v) is 3.51. The minimum atomic E-state index is -0.217. The first-order valence-electron chi connectivity index (χ1n) is 7.09. The van der Waals surface area contributed by atoms with Crippen LogP contribution < -0.4 is 10.2 Å². The van der Waals surface area contributed by atoms with Crippen LogP contribution in [-0.4, -0.2) is 29.7 Å². The molecule has 1 fully saturated rings. The van der Waals surface area contributed by atoms with Gasteiger partial charge in [0.05, 0.1) is 0 Å². The number of nitrogens with zero attached hydrogens (tertiary/aromatic N) is 2. The van der Waals surface area contributed by atoms with E-state index in [1.54, 1.807) is 12.3 Å². The van der Waals surface area contributed by atoms with Gasteiger partial charge in [0, 0.05) is 30.9 Å². The van der Waals surface area contributed by atoms with Crippen molar-refractivity contribution in [1.29, 1.82) is 0 Å². The Morgan fingerprint density at radius 1 is 1.42 bits per heavy atom. The van der Waals surface area contributed by atoms with E-state index in [2.05, 4.69) is 36.0 Å². The van der Waals surface area contributed by atoms with Crippen LogP contribution in [-0.2, 0) is 0 Å². The van der Waals surface area contributed by atoms with Crippen LogP contribution in [0.5, 0.6) is 0 Å². The van der Waals surface area contributed by atoms with E-state index in [9.17, 15) is 4.39 Å². The van der Waals surface area contributed by atoms with Crippen LogP contribution in [0.25, 0.3) is 0 Å². The lowest BCUT2D eigenvalue weighted by molar-refractivity contribution is 0.363. The number of hydrogen-bond acceptors (Lipinski definition) is 3. The minimum absolute atomic E-state index is 0.0891. The third-order valence-electron chi connectivity index (χ3n) is 3.51. The van der Waals surface area contributed by atoms with Gasteiger partial charge in [-0.3, -0.25) is 0 Å². The molecule has 0 saturated carbocycles. The van der Waals surface area contributed by atoms with Crippen LogP contribution >= 0.6 is 0 Å². The lowest BCUT2D eigenvalue weighted by Crippen LogP contribution is -2.50. The highest BCUT2D eigenvalue weighted by Crippen LogP contribution is 2.25. The maximum absolute atomic E-state index is 13.9. The second kappa shape index (κ2) is 5.87. The van der Waals surface area contributed by atoms with Crippen molar-refractivity contribution in [3.8, 4) is 0 Å². The molecule has 1 saturated heterocycles. The zero-order valence-corrected chi connectivity index (χ0v) is 12.1. The molecule has 106 valence electrons. The van der Waals surface area contributed by atoms with E-state index in [1.807, 2.05) is 0 Å². The monoisotopic (exact) mass is 265 g/mol. The van der Waals surface area contributed by atoms with Gasteiger partial charge in [-0.1, -0.05) is 0 Å². The lowest BCUT2D eigenvalue weighted by atomic mass is 10.0. The Kier molecular flexibility index (Phi) is 4.40. The predicted octanol–water partition coefficient (Wildman–Crippen LogP) is 2.97. The second-order valence-corrected chi connectivity index (χ2v) is 6.28. The SMILES string of the molecule is CC(C)(C)NCC1CCCCN1c1ncccc1F. The molecule has 1 aliphatic heterocycles. The summed E-state index contributed by atoms with van der Waals surface area (Å²) >= 11 is 0. The summed E-state index contributed by atoms with van der Waals surface area (Å²) < 4.78 is 13.9. The Balaban J connectivity index is 2.10. The van der Waals surface area contributed by atoms with E-state index in [0.29, 0.717) is 11.9 Å². The summed E-state index contributed by atoms with van der Waals surface area (Å²) in [7, 11) is 0. The molecular weight excluding hydrogens is 241 g/mol. The molecule has 1 aromatic rings. The number of aromatic nitrogens is 1. The largest absolute Gasteiger partial charge is 0.350 e. The summed E-state index contributed by atoms with van der Waals surface area (Å²) in [5.41, 5.74) is 0.0891. The molecule has 1 unspecified atom stereocenters. The van der Waals surface area contributed by atoms with Crippen molar-refractivity contribution >= 4 is 5.82 Å². The Hall–Kier alpha value is -1.16. The maximum atomic E-state index is 13.9. The first-order chi connectivity index (χ1) is 8.97. The van der Waals surface area contributed by atoms with E-state index >= 15 is 0 Å². The van der Waals surface area contributed by atoms with Crippen molar-refractivity contribution in [3.05, 3.63) is 24.1 Å². The van der Waals surface area contributed by atoms with E-state index in [0.717, 1.165) is 25.9 Å². The van der Waals surface area contributed by atoms with Gasteiger partial charge in [0.15, 0.2) is 11.6 Å². The summed E-state index contributed by atoms with van der Waals surface area (Å²) in [5.74, 6) is 0.285. The zero-order valence-electron chi connectivity index (χ0n) is 12.1. The summed E-state index contributed by atoms with van der Waals surface area (Å²) in [6.45, 7) is 8.23. The van der Waals surface area contributed by atoms with E-state index in [-0.39, 0.29) is 11.4 Å². The first-order valence-corrected chi connectivity index (χ1v) is 7.09. The van der Waals surface area contributed by atoms with Crippen molar-refractivity contribution in [1.82, 2.24) is 10.3 Å². The van der Waals surface area contributed by atoms with Crippen LogP contribution in [0.1, 0.15) is 40.0 Å². The number of rotatable bonds is 3. The fourth-order valence-corrected chi connectivity index (χ4v) is 2.50. The van der Waals surface area contributed by atoms with E-state index < -0.39 is 0 Å². The van der Waals surface area contributed by atoms with Crippen LogP contribution in [0.2, 0.25) is 0 Å². The molecule has 4 heteroatoms. The number of piperidine rings is 1. The molecule has 0 spiro atoms. The van der Waals surface area contributed by atoms with Crippen molar-refractivity contribution in [2.45, 2.75) is 51.6 Å². The highest BCUT2D eigenvalue weighted by Gasteiger charge is 2.26. The molecule has 1 atom stereocenters. The van der Waals surface area contributed by atoms with Crippen molar-refractivity contribution in [3.63, 3.8) is 0 Å². The van der Waals surface area contributed by atoms with Gasteiger partial charge < -0.3 is 10.2 Å². The van der Waals surface area contributed by atoms with Crippen molar-refractivity contribution in [2.75, 3.05) is 18.0 Å². The fourth-order valence-electron chi connectivity index (χ4n) is 2.50. The summed E-state index contributed by atoms with van der Waals surface area (Å²) in [6.07, 6.45) is 5.09. The van der Waals surface area contributed by atoms with E-state index in [4.69, 9.17) is 0 Å². The average Bonchev–Trinajstić information content (AvgIpc) is 2.37. The highest BCUT2D eigenvalue weighted by atomic mass is 19.1. The van der Waals surface area contributed by atoms with Gasteiger partial charge in [-0.2, -0.15) is 0 Å². The van der Waals surface area contributed by atoms with E-state index in [1.165, 1.54) is 12.5 Å². The first kappa shape index (κ1) is 14.3. The standard InChI is InChI=1S/C15H24FN3/c1-15(2,3)18-11-12-7-4-5-10-19(12)14-13(16)8-6-9-17-14/h6,8-9,12,18H,4-5,7,10-11H2,1-3H3. The molecule has 2 heterocycles. The van der Waals surface area contributed by atoms with Gasteiger partial charge >= 0.3 is 0 Å². The maximum Gasteiger partial charge on any atom is 0.165 e. The third kappa shape index (κ3) is 3.90. The van der Waals surface area contributed by atoms with Crippen LogP contribution in [0, 0.1) is 5.82 Å². The normalized spacial score (nSPS) is 20.6. The minimum Gasteiger partial charge on any atom is -0.350 e. The number of pyridine rings is 1. The van der Waals surface area contributed by atoms with Crippen LogP contribution in [0.15, 0.2) is 18.3 Å². The molecule has 0 amide bonds. The summed E-state index contributed by atoms with van der Waals surface area (Å²) in [6, 6.07) is 3.47. The van der Waals surface area contributed by atoms with Gasteiger partial charge in [-0.25, -0.2) is 9.37 Å². The topological polar surface area (TPSA) is 28.2 Å². The van der Waals surface area contributed by atoms with Crippen LogP contribution in [0.3, 0.4) is 0 Å². The quantitative estimate of drug-likeness (QED) is 0.910. The van der Waals surface area contributed by atoms with Gasteiger partial charge in [0.2, 0.25) is 0 Å². The van der Waals surface area contributed by atoms with Crippen LogP contribution in [0.4, 0.5) is 10.2 Å². The Bertz CT molecular complexity index is 414. The molecule has 3 nitrogen and oxygen atoms in total. The van der Waals surface area contributed by atoms with Gasteiger partial charge in [0.1, 0.15) is 0 Å². The van der Waals surface area contributed by atoms with Gasteiger partial charge in [-0.05, 0) is 52.2 Å². The van der Waals surface area contributed by atoms with Crippen molar-refractivity contribution in [2.24, 2.45) is 0 Å². The molecular formula is C15H24FN3. The molecule has 1 N–H and O–H groups in total. The number of anilines is 1. The number of nitrogens with one attached hydrogen (secondary N) is 1. The molecule has 1 aromatic heterocycles. The predicted molar refractivity (Wildman–Crippen MR) is 76.9 cm³/mol. The molecule has 0 radical (unpaired) electrons. The number of halogens is 1. The summed E-state index contributed by atoms with van der Waals surface area (Å²) in [4.78, 5) is 6.34. The Morgan fingerprint density at radius 3 is 2.89 bits per heavy atom. The number of hydrogen-bond donors (Lipinski definition) is 1. The Labute approximate surface area is 115 Å². The van der Waals surface area contributed by atoms with Gasteiger partial charge in [-0.15, -0.1) is 0 Å². The van der Waals surface area contributed by atoms with Gasteiger partial charge in [0.25, 0.3) is 0 Å². The highest BCUT2D eigenvalue weighted by molar-refractivity contribution is 5.41.